The smallest absolute Gasteiger partial charge is 0.263 e. The molecule has 2 saturated heterocycles. The van der Waals surface area contributed by atoms with E-state index in [2.05, 4.69) is 69.4 Å². The highest BCUT2D eigenvalue weighted by Crippen LogP contribution is 2.31. The SMILES string of the molecule is CSN1CCC(n2c(=O)c(-c3nc(C4=CCC=C4)cn3C)cc3cnc(Nc4ccc(N5CCNCC5)c(C)c4)nc32)CC1. The van der Waals surface area contributed by atoms with Gasteiger partial charge in [0.25, 0.3) is 5.56 Å². The molecule has 228 valence electrons. The number of aromatic nitrogens is 5. The van der Waals surface area contributed by atoms with E-state index >= 15 is 0 Å². The second-order valence-corrected chi connectivity index (χ2v) is 12.7. The number of pyridine rings is 1. The topological polar surface area (TPSA) is 96.1 Å². The number of fused-ring (bicyclic) bond motifs is 1. The number of piperidine rings is 1. The van der Waals surface area contributed by atoms with Gasteiger partial charge in [-0.05, 0) is 67.8 Å². The maximum absolute atomic E-state index is 14.4. The quantitative estimate of drug-likeness (QED) is 0.283. The summed E-state index contributed by atoms with van der Waals surface area (Å²) in [6.07, 6.45) is 15.0. The van der Waals surface area contributed by atoms with Gasteiger partial charge >= 0.3 is 0 Å². The van der Waals surface area contributed by atoms with E-state index in [-0.39, 0.29) is 11.6 Å². The zero-order chi connectivity index (χ0) is 30.2. The van der Waals surface area contributed by atoms with Gasteiger partial charge in [0.05, 0.1) is 11.3 Å². The number of rotatable bonds is 7. The fourth-order valence-corrected chi connectivity index (χ4v) is 7.16. The van der Waals surface area contributed by atoms with Gasteiger partial charge in [0.1, 0.15) is 11.5 Å². The number of benzene rings is 1. The van der Waals surface area contributed by atoms with Gasteiger partial charge in [-0.3, -0.25) is 13.7 Å². The first-order valence-corrected chi connectivity index (χ1v) is 16.6. The number of nitrogens with zero attached hydrogens (tertiary/aromatic N) is 7. The van der Waals surface area contributed by atoms with Gasteiger partial charge < -0.3 is 20.1 Å². The number of nitrogens with one attached hydrogen (secondary N) is 2. The average Bonchev–Trinajstić information content (AvgIpc) is 3.72. The van der Waals surface area contributed by atoms with Gasteiger partial charge in [-0.15, -0.1) is 0 Å². The first-order valence-electron chi connectivity index (χ1n) is 15.4. The Balaban J connectivity index is 1.27. The molecule has 2 aliphatic heterocycles. The molecule has 2 N–H and O–H groups in total. The zero-order valence-corrected chi connectivity index (χ0v) is 26.4. The van der Waals surface area contributed by atoms with Crippen molar-refractivity contribution in [1.82, 2.24) is 33.7 Å². The highest BCUT2D eigenvalue weighted by Gasteiger charge is 2.26. The van der Waals surface area contributed by atoms with Crippen molar-refractivity contribution < 1.29 is 0 Å². The molecule has 1 aliphatic carbocycles. The third-order valence-corrected chi connectivity index (χ3v) is 9.80. The van der Waals surface area contributed by atoms with Crippen molar-refractivity contribution in [1.29, 1.82) is 0 Å². The average molecular weight is 610 g/mol. The fraction of sp³-hybridized carbons (Fsp3) is 0.394. The molecule has 0 unspecified atom stereocenters. The molecule has 7 rings (SSSR count). The van der Waals surface area contributed by atoms with Crippen LogP contribution in [0.1, 0.15) is 36.6 Å². The highest BCUT2D eigenvalue weighted by atomic mass is 32.2. The van der Waals surface area contributed by atoms with E-state index in [1.54, 1.807) is 11.9 Å². The Hall–Kier alpha value is -3.93. The van der Waals surface area contributed by atoms with Crippen LogP contribution in [0.2, 0.25) is 0 Å². The maximum atomic E-state index is 14.4. The molecule has 4 aromatic rings. The second-order valence-electron chi connectivity index (χ2n) is 11.8. The summed E-state index contributed by atoms with van der Waals surface area (Å²) in [4.78, 5) is 31.4. The van der Waals surface area contributed by atoms with Crippen LogP contribution in [0.25, 0.3) is 28.0 Å². The standard InChI is InChI=1S/C33H39N9OS/c1-22-18-25(8-9-29(22)40-16-12-34-13-17-40)36-33-35-20-24-19-27(31-37-28(21-39(31)2)23-6-4-5-7-23)32(43)42(30(24)38-33)26-10-14-41(44-3)15-11-26/h4,6-9,18-21,26,34H,5,10-17H2,1-3H3,(H,35,36,38). The van der Waals surface area contributed by atoms with Crippen LogP contribution in [0.15, 0.2) is 59.7 Å². The summed E-state index contributed by atoms with van der Waals surface area (Å²) in [5.74, 6) is 1.14. The van der Waals surface area contributed by atoms with Gasteiger partial charge in [0, 0.05) is 81.5 Å². The van der Waals surface area contributed by atoms with Gasteiger partial charge in [-0.1, -0.05) is 30.2 Å². The molecule has 0 amide bonds. The lowest BCUT2D eigenvalue weighted by atomic mass is 10.0. The van der Waals surface area contributed by atoms with Gasteiger partial charge in [-0.25, -0.2) is 9.97 Å². The van der Waals surface area contributed by atoms with Crippen molar-refractivity contribution in [2.24, 2.45) is 7.05 Å². The van der Waals surface area contributed by atoms with Crippen LogP contribution in [0, 0.1) is 6.92 Å². The van der Waals surface area contributed by atoms with Gasteiger partial charge in [0.2, 0.25) is 5.95 Å². The normalized spacial score (nSPS) is 17.9. The van der Waals surface area contributed by atoms with Crippen molar-refractivity contribution in [3.8, 4) is 11.4 Å². The summed E-state index contributed by atoms with van der Waals surface area (Å²) in [6.45, 7) is 8.00. The minimum Gasteiger partial charge on any atom is -0.369 e. The van der Waals surface area contributed by atoms with Crippen molar-refractivity contribution in [3.05, 3.63) is 76.5 Å². The van der Waals surface area contributed by atoms with E-state index in [4.69, 9.17) is 15.0 Å². The molecule has 3 aromatic heterocycles. The van der Waals surface area contributed by atoms with Crippen molar-refractivity contribution in [2.45, 2.75) is 32.2 Å². The Bertz CT molecular complexity index is 1810. The lowest BCUT2D eigenvalue weighted by molar-refractivity contribution is 0.291. The van der Waals surface area contributed by atoms with E-state index in [1.165, 1.54) is 11.3 Å². The molecule has 2 fully saturated rings. The monoisotopic (exact) mass is 609 g/mol. The van der Waals surface area contributed by atoms with E-state index in [0.717, 1.165) is 80.9 Å². The zero-order valence-electron chi connectivity index (χ0n) is 25.6. The summed E-state index contributed by atoms with van der Waals surface area (Å²) in [5.41, 5.74) is 6.53. The Morgan fingerprint density at radius 1 is 1.07 bits per heavy atom. The first kappa shape index (κ1) is 28.8. The lowest BCUT2D eigenvalue weighted by Gasteiger charge is -2.32. The van der Waals surface area contributed by atoms with Crippen LogP contribution in [0.5, 0.6) is 0 Å². The van der Waals surface area contributed by atoms with Crippen molar-refractivity contribution in [3.63, 3.8) is 0 Å². The summed E-state index contributed by atoms with van der Waals surface area (Å²) < 4.78 is 6.22. The molecule has 44 heavy (non-hydrogen) atoms. The van der Waals surface area contributed by atoms with Crippen LogP contribution in [-0.2, 0) is 7.05 Å². The predicted molar refractivity (Wildman–Crippen MR) is 181 cm³/mol. The Morgan fingerprint density at radius 2 is 1.89 bits per heavy atom. The van der Waals surface area contributed by atoms with Crippen LogP contribution in [0.3, 0.4) is 0 Å². The Kier molecular flexibility index (Phi) is 8.00. The van der Waals surface area contributed by atoms with Gasteiger partial charge in [-0.2, -0.15) is 4.98 Å². The molecule has 0 spiro atoms. The van der Waals surface area contributed by atoms with E-state index in [1.807, 2.05) is 34.6 Å². The molecule has 0 radical (unpaired) electrons. The lowest BCUT2D eigenvalue weighted by Crippen LogP contribution is -2.43. The number of allylic oxidation sites excluding steroid dienone is 4. The minimum absolute atomic E-state index is 0.0388. The third-order valence-electron chi connectivity index (χ3n) is 8.91. The number of hydrogen-bond donors (Lipinski definition) is 2. The molecule has 0 saturated carbocycles. The second kappa shape index (κ2) is 12.2. The number of piperazine rings is 1. The molecular formula is C33H39N9OS. The summed E-state index contributed by atoms with van der Waals surface area (Å²) in [5, 5.41) is 7.66. The molecule has 3 aliphatic rings. The molecule has 5 heterocycles. The number of hydrogen-bond acceptors (Lipinski definition) is 9. The fourth-order valence-electron chi connectivity index (χ4n) is 6.59. The Morgan fingerprint density at radius 3 is 2.61 bits per heavy atom. The molecule has 10 nitrogen and oxygen atoms in total. The molecule has 0 atom stereocenters. The minimum atomic E-state index is -0.0582. The van der Waals surface area contributed by atoms with Crippen LogP contribution < -0.4 is 21.1 Å². The maximum Gasteiger partial charge on any atom is 0.263 e. The van der Waals surface area contributed by atoms with Crippen LogP contribution in [-0.4, -0.2) is 73.9 Å². The largest absolute Gasteiger partial charge is 0.369 e. The van der Waals surface area contributed by atoms with Crippen LogP contribution >= 0.6 is 11.9 Å². The van der Waals surface area contributed by atoms with E-state index in [9.17, 15) is 4.79 Å². The van der Waals surface area contributed by atoms with Crippen molar-refractivity contribution >= 4 is 45.9 Å². The highest BCUT2D eigenvalue weighted by molar-refractivity contribution is 7.96. The number of aryl methyl sites for hydroxylation is 2. The molecular weight excluding hydrogens is 570 g/mol. The summed E-state index contributed by atoms with van der Waals surface area (Å²) in [7, 11) is 1.95. The van der Waals surface area contributed by atoms with E-state index < -0.39 is 0 Å². The first-order chi connectivity index (χ1) is 21.5. The van der Waals surface area contributed by atoms with E-state index in [0.29, 0.717) is 23.0 Å². The molecule has 1 aromatic carbocycles. The molecule has 0 bridgehead atoms. The molecule has 11 heteroatoms. The predicted octanol–water partition coefficient (Wildman–Crippen LogP) is 4.91. The number of anilines is 3. The summed E-state index contributed by atoms with van der Waals surface area (Å²) >= 11 is 1.76. The Labute approximate surface area is 262 Å². The van der Waals surface area contributed by atoms with Crippen LogP contribution in [0.4, 0.5) is 17.3 Å². The summed E-state index contributed by atoms with van der Waals surface area (Å²) in [6, 6.07) is 8.35. The third kappa shape index (κ3) is 5.55. The van der Waals surface area contributed by atoms with Gasteiger partial charge in [0.15, 0.2) is 0 Å². The number of imidazole rings is 1. The van der Waals surface area contributed by atoms with Crippen molar-refractivity contribution in [2.75, 3.05) is 55.7 Å².